The number of halogens is 4. The van der Waals surface area contributed by atoms with Crippen LogP contribution >= 0.6 is 0 Å². The lowest BCUT2D eigenvalue weighted by Gasteiger charge is -2.35. The zero-order valence-corrected chi connectivity index (χ0v) is 16.0. The van der Waals surface area contributed by atoms with E-state index < -0.39 is 36.7 Å². The first-order valence-electron chi connectivity index (χ1n) is 8.59. The minimum Gasteiger partial charge on any atom is -0.470 e. The van der Waals surface area contributed by atoms with Crippen molar-refractivity contribution in [1.29, 1.82) is 0 Å². The largest absolute Gasteiger partial charge is 0.470 e. The average molecular weight is 405 g/mol. The molecule has 11 heteroatoms. The topological polar surface area (TPSA) is 64.8 Å². The highest BCUT2D eigenvalue weighted by Gasteiger charge is 2.43. The number of rotatable bonds is 9. The van der Waals surface area contributed by atoms with Gasteiger partial charge in [0.05, 0.1) is 18.9 Å². The normalized spacial score (nSPS) is 18.4. The molecule has 0 bridgehead atoms. The molecule has 1 aliphatic heterocycles. The summed E-state index contributed by atoms with van der Waals surface area (Å²) in [4.78, 5) is 5.50. The van der Waals surface area contributed by atoms with E-state index in [9.17, 15) is 17.6 Å². The Hall–Kier alpha value is -2.43. The Bertz CT molecular complexity index is 748. The van der Waals surface area contributed by atoms with Crippen molar-refractivity contribution in [1.82, 2.24) is 19.7 Å². The fourth-order valence-corrected chi connectivity index (χ4v) is 2.57. The average Bonchev–Trinajstić information content (AvgIpc) is 3.04. The third kappa shape index (κ3) is 4.70. The van der Waals surface area contributed by atoms with Crippen LogP contribution in [0.15, 0.2) is 29.6 Å². The molecule has 1 aromatic rings. The number of alkyl halides is 4. The minimum atomic E-state index is -3.71. The molecular formula is C17H23F4N5O2. The molecule has 2 unspecified atom stereocenters. The molecule has 0 aromatic carbocycles. The first kappa shape index (κ1) is 21.9. The fraction of sp³-hybridized carbons (Fsp3) is 0.588. The van der Waals surface area contributed by atoms with Gasteiger partial charge in [-0.3, -0.25) is 9.56 Å². The molecule has 2 heterocycles. The number of aliphatic imine (C=N–C) groups is 1. The fourth-order valence-electron chi connectivity index (χ4n) is 2.57. The molecule has 1 aliphatic rings. The van der Waals surface area contributed by atoms with Crippen molar-refractivity contribution < 1.29 is 27.0 Å². The van der Waals surface area contributed by atoms with Gasteiger partial charge in [0.25, 0.3) is 6.43 Å². The standard InChI is InChI=1S/C17H23F4N5O2/c1-6-7-14(27-11(4)15(18)19)25(5)13-9-22-8-12-23-24-16(26(12)13)17(20,21)28-10(2)3/h6-8,10-11,13,15H,1,9H2,2-5H3/b14-7+. The number of hydrogen-bond donors (Lipinski definition) is 0. The quantitative estimate of drug-likeness (QED) is 0.358. The number of ether oxygens (including phenoxy) is 2. The van der Waals surface area contributed by atoms with Crippen LogP contribution in [0.25, 0.3) is 0 Å². The summed E-state index contributed by atoms with van der Waals surface area (Å²) >= 11 is 0. The number of likely N-dealkylation sites (N-methyl/N-ethyl adjacent to an activating group) is 1. The number of aromatic nitrogens is 3. The van der Waals surface area contributed by atoms with E-state index in [-0.39, 0.29) is 18.3 Å². The third-order valence-electron chi connectivity index (χ3n) is 3.86. The molecule has 0 amide bonds. The summed E-state index contributed by atoms with van der Waals surface area (Å²) in [6, 6.07) is 0. The van der Waals surface area contributed by atoms with Gasteiger partial charge in [-0.2, -0.15) is 8.78 Å². The van der Waals surface area contributed by atoms with Crippen molar-refractivity contribution in [2.45, 2.75) is 51.7 Å². The third-order valence-corrected chi connectivity index (χ3v) is 3.86. The van der Waals surface area contributed by atoms with E-state index in [2.05, 4.69) is 21.8 Å². The molecule has 0 aliphatic carbocycles. The van der Waals surface area contributed by atoms with Crippen LogP contribution in [0.2, 0.25) is 0 Å². The van der Waals surface area contributed by atoms with E-state index >= 15 is 0 Å². The van der Waals surface area contributed by atoms with E-state index in [1.807, 2.05) is 0 Å². The Labute approximate surface area is 160 Å². The maximum Gasteiger partial charge on any atom is 0.418 e. The summed E-state index contributed by atoms with van der Waals surface area (Å²) < 4.78 is 66.1. The predicted octanol–water partition coefficient (Wildman–Crippen LogP) is 3.31. The van der Waals surface area contributed by atoms with E-state index in [0.717, 1.165) is 4.57 Å². The van der Waals surface area contributed by atoms with E-state index in [1.165, 1.54) is 51.1 Å². The highest BCUT2D eigenvalue weighted by atomic mass is 19.3. The van der Waals surface area contributed by atoms with Crippen LogP contribution in [-0.4, -0.2) is 58.1 Å². The van der Waals surface area contributed by atoms with Crippen molar-refractivity contribution in [2.75, 3.05) is 13.6 Å². The molecule has 2 rings (SSSR count). The highest BCUT2D eigenvalue weighted by molar-refractivity contribution is 5.75. The molecule has 28 heavy (non-hydrogen) atoms. The SMILES string of the molecule is C=C/C=C(/OC(C)C(F)F)N(C)C1CN=Cc2nnc(C(F)(F)OC(C)C)n21. The van der Waals surface area contributed by atoms with Gasteiger partial charge in [0.2, 0.25) is 5.82 Å². The van der Waals surface area contributed by atoms with Gasteiger partial charge in [-0.1, -0.05) is 12.7 Å². The second-order valence-corrected chi connectivity index (χ2v) is 6.42. The van der Waals surface area contributed by atoms with Gasteiger partial charge in [0, 0.05) is 7.05 Å². The summed E-state index contributed by atoms with van der Waals surface area (Å²) in [5, 5.41) is 7.30. The lowest BCUT2D eigenvalue weighted by molar-refractivity contribution is -0.274. The molecule has 0 radical (unpaired) electrons. The van der Waals surface area contributed by atoms with Gasteiger partial charge < -0.3 is 14.4 Å². The number of nitrogens with zero attached hydrogens (tertiary/aromatic N) is 5. The Morgan fingerprint density at radius 3 is 2.61 bits per heavy atom. The van der Waals surface area contributed by atoms with Gasteiger partial charge in [-0.05, 0) is 26.8 Å². The molecule has 7 nitrogen and oxygen atoms in total. The van der Waals surface area contributed by atoms with Crippen molar-refractivity contribution in [3.05, 3.63) is 36.3 Å². The molecular weight excluding hydrogens is 382 g/mol. The van der Waals surface area contributed by atoms with E-state index in [0.29, 0.717) is 0 Å². The van der Waals surface area contributed by atoms with Crippen LogP contribution in [0.5, 0.6) is 0 Å². The Balaban J connectivity index is 2.41. The van der Waals surface area contributed by atoms with Crippen molar-refractivity contribution >= 4 is 6.21 Å². The number of fused-ring (bicyclic) bond motifs is 1. The highest BCUT2D eigenvalue weighted by Crippen LogP contribution is 2.34. The second-order valence-electron chi connectivity index (χ2n) is 6.42. The van der Waals surface area contributed by atoms with E-state index in [4.69, 9.17) is 9.47 Å². The van der Waals surface area contributed by atoms with Crippen molar-refractivity contribution in [2.24, 2.45) is 4.99 Å². The van der Waals surface area contributed by atoms with Gasteiger partial charge in [-0.25, -0.2) is 8.78 Å². The Morgan fingerprint density at radius 2 is 2.04 bits per heavy atom. The summed E-state index contributed by atoms with van der Waals surface area (Å²) in [5.74, 6) is -0.604. The predicted molar refractivity (Wildman–Crippen MR) is 94.2 cm³/mol. The number of hydrogen-bond acceptors (Lipinski definition) is 6. The molecule has 2 atom stereocenters. The van der Waals surface area contributed by atoms with Crippen LogP contribution in [0.1, 0.15) is 38.6 Å². The van der Waals surface area contributed by atoms with Crippen LogP contribution < -0.4 is 0 Å². The van der Waals surface area contributed by atoms with Crippen LogP contribution in [0.3, 0.4) is 0 Å². The number of allylic oxidation sites excluding steroid dienone is 2. The summed E-state index contributed by atoms with van der Waals surface area (Å²) in [5.41, 5.74) is 0. The first-order chi connectivity index (χ1) is 13.1. The molecule has 0 saturated heterocycles. The molecule has 0 spiro atoms. The summed E-state index contributed by atoms with van der Waals surface area (Å²) in [7, 11) is 1.51. The lowest BCUT2D eigenvalue weighted by Crippen LogP contribution is -2.39. The smallest absolute Gasteiger partial charge is 0.418 e. The van der Waals surface area contributed by atoms with Gasteiger partial charge in [0.1, 0.15) is 6.17 Å². The monoisotopic (exact) mass is 405 g/mol. The molecule has 0 saturated carbocycles. The zero-order valence-electron chi connectivity index (χ0n) is 16.0. The summed E-state index contributed by atoms with van der Waals surface area (Å²) in [6.45, 7) is 7.72. The van der Waals surface area contributed by atoms with Gasteiger partial charge >= 0.3 is 6.11 Å². The maximum atomic E-state index is 14.6. The van der Waals surface area contributed by atoms with Gasteiger partial charge in [0.15, 0.2) is 17.8 Å². The second kappa shape index (κ2) is 8.72. The molecule has 156 valence electrons. The van der Waals surface area contributed by atoms with Crippen LogP contribution in [0, 0.1) is 0 Å². The Kier molecular flexibility index (Phi) is 6.81. The zero-order chi connectivity index (χ0) is 21.1. The van der Waals surface area contributed by atoms with Crippen molar-refractivity contribution in [3.63, 3.8) is 0 Å². The first-order valence-corrected chi connectivity index (χ1v) is 8.59. The van der Waals surface area contributed by atoms with Crippen molar-refractivity contribution in [3.8, 4) is 0 Å². The van der Waals surface area contributed by atoms with E-state index in [1.54, 1.807) is 0 Å². The Morgan fingerprint density at radius 1 is 1.36 bits per heavy atom. The lowest BCUT2D eigenvalue weighted by atomic mass is 10.3. The molecule has 0 fully saturated rings. The van der Waals surface area contributed by atoms with Crippen LogP contribution in [0.4, 0.5) is 17.6 Å². The molecule has 1 aromatic heterocycles. The van der Waals surface area contributed by atoms with Crippen LogP contribution in [-0.2, 0) is 15.6 Å². The maximum absolute atomic E-state index is 14.6. The molecule has 0 N–H and O–H groups in total. The minimum absolute atomic E-state index is 0.0172. The summed E-state index contributed by atoms with van der Waals surface area (Å²) in [6.07, 6.45) is -5.42. The van der Waals surface area contributed by atoms with Gasteiger partial charge in [-0.15, -0.1) is 10.2 Å².